The summed E-state index contributed by atoms with van der Waals surface area (Å²) in [5, 5.41) is 3.58. The van der Waals surface area contributed by atoms with E-state index >= 15 is 0 Å². The number of halogens is 1. The number of hydrogen-bond donors (Lipinski definition) is 1. The Balaban J connectivity index is 1.67. The number of carbonyl (C=O) groups is 1. The number of hydrogen-bond acceptors (Lipinski definition) is 1. The second-order valence-electron chi connectivity index (χ2n) is 6.57. The molecule has 0 bridgehead atoms. The number of amides is 2. The van der Waals surface area contributed by atoms with E-state index in [9.17, 15) is 4.79 Å². The Hall–Kier alpha value is -2.72. The SMILES string of the molecule is Cc1ccc([C@@H]2c3cccn3CCN2C(=O)Nc2cccc(Cl)c2)cc1. The molecule has 0 spiro atoms. The third-order valence-corrected chi connectivity index (χ3v) is 5.00. The third kappa shape index (κ3) is 3.20. The minimum absolute atomic E-state index is 0.112. The summed E-state index contributed by atoms with van der Waals surface area (Å²) in [5.41, 5.74) is 4.14. The average Bonchev–Trinajstić information content (AvgIpc) is 3.10. The summed E-state index contributed by atoms with van der Waals surface area (Å²) < 4.78 is 2.22. The summed E-state index contributed by atoms with van der Waals surface area (Å²) in [4.78, 5) is 14.9. The topological polar surface area (TPSA) is 37.3 Å². The van der Waals surface area contributed by atoms with Gasteiger partial charge in [0.25, 0.3) is 0 Å². The lowest BCUT2D eigenvalue weighted by molar-refractivity contribution is 0.182. The van der Waals surface area contributed by atoms with Crippen molar-refractivity contribution in [3.05, 3.63) is 88.7 Å². The van der Waals surface area contributed by atoms with E-state index in [4.69, 9.17) is 11.6 Å². The van der Waals surface area contributed by atoms with Crippen molar-refractivity contribution < 1.29 is 4.79 Å². The highest BCUT2D eigenvalue weighted by atomic mass is 35.5. The monoisotopic (exact) mass is 365 g/mol. The highest BCUT2D eigenvalue weighted by Gasteiger charge is 2.32. The van der Waals surface area contributed by atoms with Gasteiger partial charge in [-0.25, -0.2) is 4.79 Å². The van der Waals surface area contributed by atoms with Crippen LogP contribution in [0.4, 0.5) is 10.5 Å². The van der Waals surface area contributed by atoms with Crippen LogP contribution in [0.1, 0.15) is 22.9 Å². The van der Waals surface area contributed by atoms with Gasteiger partial charge in [0.05, 0.1) is 6.04 Å². The first kappa shape index (κ1) is 16.7. The van der Waals surface area contributed by atoms with Gasteiger partial charge in [0.2, 0.25) is 0 Å². The number of anilines is 1. The minimum Gasteiger partial charge on any atom is -0.348 e. The second kappa shape index (κ2) is 6.89. The zero-order chi connectivity index (χ0) is 18.1. The zero-order valence-electron chi connectivity index (χ0n) is 14.5. The normalized spacial score (nSPS) is 16.2. The van der Waals surface area contributed by atoms with Crippen LogP contribution in [0, 0.1) is 6.92 Å². The molecule has 1 aliphatic rings. The number of fused-ring (bicyclic) bond motifs is 1. The van der Waals surface area contributed by atoms with E-state index in [0.29, 0.717) is 17.3 Å². The lowest BCUT2D eigenvalue weighted by atomic mass is 9.99. The summed E-state index contributed by atoms with van der Waals surface area (Å²) in [6.45, 7) is 3.50. The molecule has 4 nitrogen and oxygen atoms in total. The van der Waals surface area contributed by atoms with Crippen LogP contribution in [-0.2, 0) is 6.54 Å². The molecule has 2 amide bonds. The van der Waals surface area contributed by atoms with Crippen molar-refractivity contribution in [3.8, 4) is 0 Å². The fourth-order valence-corrected chi connectivity index (χ4v) is 3.65. The number of nitrogens with zero attached hydrogens (tertiary/aromatic N) is 2. The predicted molar refractivity (Wildman–Crippen MR) is 105 cm³/mol. The molecule has 1 atom stereocenters. The van der Waals surface area contributed by atoms with E-state index in [1.54, 1.807) is 12.1 Å². The van der Waals surface area contributed by atoms with Crippen molar-refractivity contribution in [2.75, 3.05) is 11.9 Å². The van der Waals surface area contributed by atoms with Crippen molar-refractivity contribution in [1.29, 1.82) is 0 Å². The molecule has 0 aliphatic carbocycles. The van der Waals surface area contributed by atoms with Gasteiger partial charge in [-0.2, -0.15) is 0 Å². The first-order valence-electron chi connectivity index (χ1n) is 8.66. The van der Waals surface area contributed by atoms with Crippen LogP contribution in [0.2, 0.25) is 5.02 Å². The molecule has 0 fully saturated rings. The number of aromatic nitrogens is 1. The minimum atomic E-state index is -0.120. The standard InChI is InChI=1S/C21H20ClN3O/c1-15-7-9-16(10-8-15)20-19-6-3-11-24(19)12-13-25(20)21(26)23-18-5-2-4-17(22)14-18/h2-11,14,20H,12-13H2,1H3,(H,23,26)/t20-/m1/s1. The van der Waals surface area contributed by atoms with Crippen LogP contribution >= 0.6 is 11.6 Å². The van der Waals surface area contributed by atoms with E-state index in [-0.39, 0.29) is 12.1 Å². The van der Waals surface area contributed by atoms with Gasteiger partial charge < -0.3 is 14.8 Å². The van der Waals surface area contributed by atoms with Gasteiger partial charge in [-0.1, -0.05) is 47.5 Å². The zero-order valence-corrected chi connectivity index (χ0v) is 15.3. The molecule has 0 unspecified atom stereocenters. The molecule has 3 aromatic rings. The van der Waals surface area contributed by atoms with E-state index in [1.165, 1.54) is 5.56 Å². The second-order valence-corrected chi connectivity index (χ2v) is 7.01. The van der Waals surface area contributed by atoms with E-state index in [2.05, 4.69) is 53.3 Å². The van der Waals surface area contributed by atoms with Crippen molar-refractivity contribution in [1.82, 2.24) is 9.47 Å². The highest BCUT2D eigenvalue weighted by molar-refractivity contribution is 6.30. The van der Waals surface area contributed by atoms with Gasteiger partial charge in [0, 0.05) is 35.7 Å². The molecule has 132 valence electrons. The van der Waals surface area contributed by atoms with Gasteiger partial charge in [0.1, 0.15) is 0 Å². The van der Waals surface area contributed by atoms with Crippen LogP contribution in [-0.4, -0.2) is 22.0 Å². The number of urea groups is 1. The van der Waals surface area contributed by atoms with Crippen molar-refractivity contribution in [2.24, 2.45) is 0 Å². The highest BCUT2D eigenvalue weighted by Crippen LogP contribution is 2.33. The molecule has 2 heterocycles. The molecule has 1 aromatic heterocycles. The summed E-state index contributed by atoms with van der Waals surface area (Å²) in [6.07, 6.45) is 2.07. The molecule has 0 saturated carbocycles. The Labute approximate surface area is 158 Å². The van der Waals surface area contributed by atoms with E-state index in [0.717, 1.165) is 17.8 Å². The fourth-order valence-electron chi connectivity index (χ4n) is 3.46. The predicted octanol–water partition coefficient (Wildman–Crippen LogP) is 5.09. The Morgan fingerprint density at radius 1 is 1.08 bits per heavy atom. The maximum atomic E-state index is 13.0. The van der Waals surface area contributed by atoms with Gasteiger partial charge in [-0.15, -0.1) is 0 Å². The Morgan fingerprint density at radius 3 is 2.65 bits per heavy atom. The lowest BCUT2D eigenvalue weighted by Gasteiger charge is -2.37. The molecule has 1 aliphatic heterocycles. The maximum Gasteiger partial charge on any atom is 0.322 e. The number of benzene rings is 2. The van der Waals surface area contributed by atoms with Crippen molar-refractivity contribution in [2.45, 2.75) is 19.5 Å². The van der Waals surface area contributed by atoms with Crippen molar-refractivity contribution >= 4 is 23.3 Å². The fraction of sp³-hybridized carbons (Fsp3) is 0.190. The van der Waals surface area contributed by atoms with Gasteiger partial charge in [0.15, 0.2) is 0 Å². The number of nitrogens with one attached hydrogen (secondary N) is 1. The van der Waals surface area contributed by atoms with Gasteiger partial charge in [-0.05, 0) is 42.8 Å². The van der Waals surface area contributed by atoms with Crippen molar-refractivity contribution in [3.63, 3.8) is 0 Å². The number of aryl methyl sites for hydroxylation is 1. The van der Waals surface area contributed by atoms with Crippen LogP contribution in [0.3, 0.4) is 0 Å². The maximum absolute atomic E-state index is 13.0. The molecule has 2 aromatic carbocycles. The molecule has 0 radical (unpaired) electrons. The molecular weight excluding hydrogens is 346 g/mol. The van der Waals surface area contributed by atoms with E-state index in [1.807, 2.05) is 23.1 Å². The van der Waals surface area contributed by atoms with Crippen LogP contribution in [0.15, 0.2) is 66.9 Å². The van der Waals surface area contributed by atoms with Crippen LogP contribution in [0.25, 0.3) is 0 Å². The Bertz CT molecular complexity index is 932. The summed E-state index contributed by atoms with van der Waals surface area (Å²) >= 11 is 6.04. The summed E-state index contributed by atoms with van der Waals surface area (Å²) in [6, 6.07) is 19.5. The lowest BCUT2D eigenvalue weighted by Crippen LogP contribution is -2.44. The molecular formula is C21H20ClN3O. The Morgan fingerprint density at radius 2 is 1.88 bits per heavy atom. The molecule has 0 saturated heterocycles. The van der Waals surface area contributed by atoms with Gasteiger partial charge >= 0.3 is 6.03 Å². The number of carbonyl (C=O) groups excluding carboxylic acids is 1. The summed E-state index contributed by atoms with van der Waals surface area (Å²) in [5.74, 6) is 0. The average molecular weight is 366 g/mol. The molecule has 4 rings (SSSR count). The molecule has 1 N–H and O–H groups in total. The Kier molecular flexibility index (Phi) is 4.43. The molecule has 26 heavy (non-hydrogen) atoms. The molecule has 5 heteroatoms. The third-order valence-electron chi connectivity index (χ3n) is 4.77. The first-order chi connectivity index (χ1) is 12.6. The first-order valence-corrected chi connectivity index (χ1v) is 9.04. The quantitative estimate of drug-likeness (QED) is 0.675. The van der Waals surface area contributed by atoms with Crippen LogP contribution < -0.4 is 5.32 Å². The van der Waals surface area contributed by atoms with Crippen LogP contribution in [0.5, 0.6) is 0 Å². The summed E-state index contributed by atoms with van der Waals surface area (Å²) in [7, 11) is 0. The van der Waals surface area contributed by atoms with E-state index < -0.39 is 0 Å². The smallest absolute Gasteiger partial charge is 0.322 e. The largest absolute Gasteiger partial charge is 0.348 e. The number of rotatable bonds is 2. The van der Waals surface area contributed by atoms with Gasteiger partial charge in [-0.3, -0.25) is 0 Å².